The first-order valence-electron chi connectivity index (χ1n) is 23.9. The van der Waals surface area contributed by atoms with Gasteiger partial charge in [-0.25, -0.2) is 4.79 Å². The third-order valence-electron chi connectivity index (χ3n) is 10.9. The van der Waals surface area contributed by atoms with E-state index in [-0.39, 0.29) is 36.2 Å². The highest BCUT2D eigenvalue weighted by atomic mass is 16.6. The number of quaternary nitrogens is 1. The maximum atomic E-state index is 12.7. The van der Waals surface area contributed by atoms with Gasteiger partial charge in [-0.15, -0.1) is 0 Å². The van der Waals surface area contributed by atoms with Gasteiger partial charge in [-0.05, 0) is 44.9 Å². The summed E-state index contributed by atoms with van der Waals surface area (Å²) < 4.78 is 17.3. The number of allylic oxidation sites excluding steroid dienone is 4. The first-order valence-corrected chi connectivity index (χ1v) is 23.9. The first-order chi connectivity index (χ1) is 27.6. The van der Waals surface area contributed by atoms with E-state index in [1.807, 2.05) is 21.1 Å². The average Bonchev–Trinajstić information content (AvgIpc) is 3.17. The number of hydrogen-bond donors (Lipinski definition) is 1. The molecule has 0 spiro atoms. The van der Waals surface area contributed by atoms with E-state index in [4.69, 9.17) is 14.2 Å². The Kier molecular flexibility index (Phi) is 39.0. The number of esters is 2. The minimum absolute atomic E-state index is 0.0507. The molecule has 0 aromatic rings. The van der Waals surface area contributed by atoms with Crippen LogP contribution in [-0.2, 0) is 28.6 Å². The zero-order chi connectivity index (χ0) is 42.1. The molecule has 0 saturated carbocycles. The van der Waals surface area contributed by atoms with Gasteiger partial charge in [0.1, 0.15) is 6.61 Å². The van der Waals surface area contributed by atoms with Gasteiger partial charge >= 0.3 is 17.9 Å². The van der Waals surface area contributed by atoms with Gasteiger partial charge in [0.15, 0.2) is 12.1 Å². The second kappa shape index (κ2) is 40.6. The molecule has 0 rings (SSSR count). The lowest BCUT2D eigenvalue weighted by Gasteiger charge is -2.31. The number of carbonyl (C=O) groups is 3. The van der Waals surface area contributed by atoms with Gasteiger partial charge in [-0.2, -0.15) is 0 Å². The molecule has 0 radical (unpaired) electrons. The second-order valence-corrected chi connectivity index (χ2v) is 17.4. The molecule has 8 heteroatoms. The van der Waals surface area contributed by atoms with Gasteiger partial charge < -0.3 is 23.8 Å². The van der Waals surface area contributed by atoms with Crippen molar-refractivity contribution in [2.75, 3.05) is 41.0 Å². The van der Waals surface area contributed by atoms with Crippen LogP contribution in [-0.4, -0.2) is 80.6 Å². The van der Waals surface area contributed by atoms with Crippen molar-refractivity contribution in [1.82, 2.24) is 0 Å². The molecule has 0 aliphatic rings. The topological polar surface area (TPSA) is 99.1 Å². The van der Waals surface area contributed by atoms with Gasteiger partial charge in [0.25, 0.3) is 0 Å². The molecule has 0 aromatic heterocycles. The van der Waals surface area contributed by atoms with Gasteiger partial charge in [-0.1, -0.05) is 179 Å². The molecular weight excluding hydrogens is 715 g/mol. The Morgan fingerprint density at radius 2 is 0.930 bits per heavy atom. The zero-order valence-corrected chi connectivity index (χ0v) is 38.1. The van der Waals surface area contributed by atoms with Crippen molar-refractivity contribution in [3.63, 3.8) is 0 Å². The quantitative estimate of drug-likeness (QED) is 0.0283. The highest BCUT2D eigenvalue weighted by molar-refractivity contribution is 5.72. The molecule has 57 heavy (non-hydrogen) atoms. The maximum Gasteiger partial charge on any atom is 0.362 e. The van der Waals surface area contributed by atoms with Gasteiger partial charge in [0.05, 0.1) is 34.4 Å². The lowest BCUT2D eigenvalue weighted by molar-refractivity contribution is -0.887. The standard InChI is InChI=1S/C49H91NO7/c1-6-8-10-12-14-16-18-20-22-24-26-27-29-31-33-35-37-39-47(51)56-44-45(43-55-42-41-46(49(53)54)50(3,4)5)57-48(52)40-38-36-34-32-30-28-25-23-21-19-17-15-13-11-9-7-2/h14,16,20,22,45-46H,6-13,15,17-19,21,23-44H2,1-5H3/p+1/b16-14+,22-20+. The number of ether oxygens (including phenoxy) is 3. The number of aliphatic carboxylic acids is 1. The van der Waals surface area contributed by atoms with Crippen molar-refractivity contribution in [2.24, 2.45) is 0 Å². The van der Waals surface area contributed by atoms with Crippen molar-refractivity contribution in [1.29, 1.82) is 0 Å². The van der Waals surface area contributed by atoms with Crippen molar-refractivity contribution in [2.45, 2.75) is 231 Å². The van der Waals surface area contributed by atoms with Crippen LogP contribution in [0.4, 0.5) is 0 Å². The summed E-state index contributed by atoms with van der Waals surface area (Å²) in [5.74, 6) is -1.46. The minimum Gasteiger partial charge on any atom is -0.477 e. The fourth-order valence-electron chi connectivity index (χ4n) is 7.12. The molecular formula is C49H92NO7+. The summed E-state index contributed by atoms with van der Waals surface area (Å²) in [6, 6.07) is -0.613. The van der Waals surface area contributed by atoms with Crippen molar-refractivity contribution in [3.05, 3.63) is 24.3 Å². The van der Waals surface area contributed by atoms with Crippen molar-refractivity contribution < 1.29 is 38.2 Å². The molecule has 0 aliphatic heterocycles. The lowest BCUT2D eigenvalue weighted by atomic mass is 10.0. The number of carbonyl (C=O) groups excluding carboxylic acids is 2. The molecule has 2 unspecified atom stereocenters. The van der Waals surface area contributed by atoms with Crippen LogP contribution in [0, 0.1) is 0 Å². The molecule has 1 N–H and O–H groups in total. The average molecular weight is 807 g/mol. The number of rotatable bonds is 43. The van der Waals surface area contributed by atoms with Crippen LogP contribution in [0.1, 0.15) is 219 Å². The molecule has 334 valence electrons. The summed E-state index contributed by atoms with van der Waals surface area (Å²) in [6.07, 6.45) is 45.0. The monoisotopic (exact) mass is 807 g/mol. The van der Waals surface area contributed by atoms with E-state index in [1.165, 1.54) is 135 Å². The van der Waals surface area contributed by atoms with Gasteiger partial charge in [-0.3, -0.25) is 9.59 Å². The van der Waals surface area contributed by atoms with Gasteiger partial charge in [0.2, 0.25) is 0 Å². The Balaban J connectivity index is 4.28. The largest absolute Gasteiger partial charge is 0.477 e. The number of carboxylic acids is 1. The third-order valence-corrected chi connectivity index (χ3v) is 10.9. The van der Waals surface area contributed by atoms with Crippen molar-refractivity contribution in [3.8, 4) is 0 Å². The van der Waals surface area contributed by atoms with Crippen LogP contribution < -0.4 is 0 Å². The molecule has 0 amide bonds. The van der Waals surface area contributed by atoms with Crippen LogP contribution >= 0.6 is 0 Å². The number of hydrogen-bond acceptors (Lipinski definition) is 6. The molecule has 2 atom stereocenters. The highest BCUT2D eigenvalue weighted by Gasteiger charge is 2.31. The van der Waals surface area contributed by atoms with E-state index in [9.17, 15) is 19.5 Å². The Morgan fingerprint density at radius 3 is 1.39 bits per heavy atom. The van der Waals surface area contributed by atoms with Crippen LogP contribution in [0.25, 0.3) is 0 Å². The van der Waals surface area contributed by atoms with Crippen LogP contribution in [0.15, 0.2) is 24.3 Å². The number of carboxylic acid groups (broad SMARTS) is 1. The molecule has 0 aromatic carbocycles. The second-order valence-electron chi connectivity index (χ2n) is 17.4. The first kappa shape index (κ1) is 54.8. The SMILES string of the molecule is CCCCC/C=C/C/C=C/CCCCCCCCCC(=O)OCC(COCCC(C(=O)O)[N+](C)(C)C)OC(=O)CCCCCCCCCCCCCCCCCC. The molecule has 0 saturated heterocycles. The summed E-state index contributed by atoms with van der Waals surface area (Å²) in [6.45, 7) is 4.73. The Hall–Kier alpha value is -2.19. The number of likely N-dealkylation sites (N-methyl/N-ethyl adjacent to an activating group) is 1. The Bertz CT molecular complexity index is 989. The van der Waals surface area contributed by atoms with Crippen molar-refractivity contribution >= 4 is 17.9 Å². The fourth-order valence-corrected chi connectivity index (χ4v) is 7.12. The summed E-state index contributed by atoms with van der Waals surface area (Å²) in [7, 11) is 5.53. The van der Waals surface area contributed by atoms with E-state index in [2.05, 4.69) is 38.2 Å². The van der Waals surface area contributed by atoms with Crippen LogP contribution in [0.2, 0.25) is 0 Å². The Morgan fingerprint density at radius 1 is 0.526 bits per heavy atom. The number of unbranched alkanes of at least 4 members (excludes halogenated alkanes) is 25. The number of nitrogens with zero attached hydrogens (tertiary/aromatic N) is 1. The maximum absolute atomic E-state index is 12.7. The summed E-state index contributed by atoms with van der Waals surface area (Å²) >= 11 is 0. The molecule has 0 bridgehead atoms. The van der Waals surface area contributed by atoms with E-state index in [0.29, 0.717) is 19.3 Å². The minimum atomic E-state index is -0.873. The predicted molar refractivity (Wildman–Crippen MR) is 238 cm³/mol. The molecule has 0 fully saturated rings. The summed E-state index contributed by atoms with van der Waals surface area (Å²) in [5, 5.41) is 9.63. The molecule has 0 heterocycles. The van der Waals surface area contributed by atoms with E-state index >= 15 is 0 Å². The van der Waals surface area contributed by atoms with E-state index in [0.717, 1.165) is 51.4 Å². The summed E-state index contributed by atoms with van der Waals surface area (Å²) in [4.78, 5) is 37.1. The van der Waals surface area contributed by atoms with Gasteiger partial charge in [0, 0.05) is 19.3 Å². The lowest BCUT2D eigenvalue weighted by Crippen LogP contribution is -2.50. The normalized spacial score (nSPS) is 13.1. The zero-order valence-electron chi connectivity index (χ0n) is 38.1. The highest BCUT2D eigenvalue weighted by Crippen LogP contribution is 2.16. The predicted octanol–water partition coefficient (Wildman–Crippen LogP) is 13.3. The molecule has 8 nitrogen and oxygen atoms in total. The van der Waals surface area contributed by atoms with Crippen LogP contribution in [0.5, 0.6) is 0 Å². The Labute approximate surface area is 351 Å². The van der Waals surface area contributed by atoms with E-state index in [1.54, 1.807) is 0 Å². The molecule has 0 aliphatic carbocycles. The third kappa shape index (κ3) is 39.1. The fraction of sp³-hybridized carbons (Fsp3) is 0.857. The van der Waals surface area contributed by atoms with E-state index < -0.39 is 18.1 Å². The smallest absolute Gasteiger partial charge is 0.362 e. The van der Waals surface area contributed by atoms with Crippen LogP contribution in [0.3, 0.4) is 0 Å². The summed E-state index contributed by atoms with van der Waals surface area (Å²) in [5.41, 5.74) is 0.